The number of phenols is 1. The minimum absolute atomic E-state index is 0.0268. The molecule has 3 rings (SSSR count). The molecule has 19 heavy (non-hydrogen) atoms. The summed E-state index contributed by atoms with van der Waals surface area (Å²) in [5.74, 6) is 0.987. The molecule has 0 aliphatic carbocycles. The van der Waals surface area contributed by atoms with Gasteiger partial charge in [0, 0.05) is 6.07 Å². The Morgan fingerprint density at radius 2 is 2.11 bits per heavy atom. The minimum atomic E-state index is -0.0268. The molecule has 3 N–H and O–H groups in total. The number of nitrogens with two attached hydrogens (primary N) is 1. The molecule has 0 unspecified atom stereocenters. The number of anilines is 1. The number of hydrogen-bond acceptors (Lipinski definition) is 5. The highest BCUT2D eigenvalue weighted by molar-refractivity contribution is 5.80. The van der Waals surface area contributed by atoms with Crippen LogP contribution in [0.15, 0.2) is 40.8 Å². The van der Waals surface area contributed by atoms with Gasteiger partial charge < -0.3 is 20.0 Å². The molecule has 5 nitrogen and oxygen atoms in total. The fourth-order valence-electron chi connectivity index (χ4n) is 1.88. The predicted molar refractivity (Wildman–Crippen MR) is 72.1 cm³/mol. The molecule has 0 fully saturated rings. The summed E-state index contributed by atoms with van der Waals surface area (Å²) in [6.07, 6.45) is 0. The third-order valence-corrected chi connectivity index (χ3v) is 2.89. The number of aromatic nitrogens is 1. The van der Waals surface area contributed by atoms with Crippen LogP contribution < -0.4 is 10.5 Å². The number of ether oxygens (including phenoxy) is 1. The SMILES string of the molecule is COc1ccc2nc(-c3cccc(N)c3O)oc2c1. The summed E-state index contributed by atoms with van der Waals surface area (Å²) in [4.78, 5) is 4.32. The third-order valence-electron chi connectivity index (χ3n) is 2.89. The van der Waals surface area contributed by atoms with E-state index in [4.69, 9.17) is 14.9 Å². The Labute approximate surface area is 109 Å². The number of nitrogen functional groups attached to an aromatic ring is 1. The van der Waals surface area contributed by atoms with Crippen LogP contribution in [0.3, 0.4) is 0 Å². The molecule has 0 saturated heterocycles. The summed E-state index contributed by atoms with van der Waals surface area (Å²) in [5.41, 5.74) is 7.70. The average Bonchev–Trinajstić information content (AvgIpc) is 2.84. The summed E-state index contributed by atoms with van der Waals surface area (Å²) >= 11 is 0. The van der Waals surface area contributed by atoms with Crippen LogP contribution in [0.4, 0.5) is 5.69 Å². The van der Waals surface area contributed by atoms with Crippen LogP contribution in [0.25, 0.3) is 22.6 Å². The van der Waals surface area contributed by atoms with Crippen molar-refractivity contribution in [3.05, 3.63) is 36.4 Å². The molecule has 3 aromatic rings. The van der Waals surface area contributed by atoms with Gasteiger partial charge in [0.1, 0.15) is 11.3 Å². The highest BCUT2D eigenvalue weighted by Gasteiger charge is 2.14. The molecule has 1 heterocycles. The molecule has 96 valence electrons. The lowest BCUT2D eigenvalue weighted by Crippen LogP contribution is -1.87. The van der Waals surface area contributed by atoms with E-state index in [9.17, 15) is 5.11 Å². The number of fused-ring (bicyclic) bond motifs is 1. The first-order chi connectivity index (χ1) is 9.19. The summed E-state index contributed by atoms with van der Waals surface area (Å²) in [5, 5.41) is 9.93. The average molecular weight is 256 g/mol. The first kappa shape index (κ1) is 11.4. The van der Waals surface area contributed by atoms with Crippen LogP contribution in [0, 0.1) is 0 Å². The van der Waals surface area contributed by atoms with Gasteiger partial charge in [0.15, 0.2) is 11.3 Å². The standard InChI is InChI=1S/C14H12N2O3/c1-18-8-5-6-11-12(7-8)19-14(16-11)9-3-2-4-10(15)13(9)17/h2-7,17H,15H2,1H3. The lowest BCUT2D eigenvalue weighted by Gasteiger charge is -2.02. The number of phenolic OH excluding ortho intramolecular Hbond substituents is 1. The van der Waals surface area contributed by atoms with E-state index in [1.807, 2.05) is 0 Å². The van der Waals surface area contributed by atoms with Crippen molar-refractivity contribution < 1.29 is 14.3 Å². The number of hydrogen-bond donors (Lipinski definition) is 2. The van der Waals surface area contributed by atoms with Crippen molar-refractivity contribution in [2.24, 2.45) is 0 Å². The van der Waals surface area contributed by atoms with Gasteiger partial charge in [-0.15, -0.1) is 0 Å². The molecule has 0 spiro atoms. The summed E-state index contributed by atoms with van der Waals surface area (Å²) < 4.78 is 10.7. The zero-order valence-corrected chi connectivity index (χ0v) is 10.3. The van der Waals surface area contributed by atoms with Gasteiger partial charge in [-0.1, -0.05) is 6.07 Å². The molecule has 0 radical (unpaired) electrons. The Balaban J connectivity index is 2.18. The number of oxazole rings is 1. The Kier molecular flexibility index (Phi) is 2.52. The van der Waals surface area contributed by atoms with E-state index in [1.54, 1.807) is 43.5 Å². The molecule has 0 aliphatic rings. The number of rotatable bonds is 2. The van der Waals surface area contributed by atoms with Crippen molar-refractivity contribution >= 4 is 16.8 Å². The van der Waals surface area contributed by atoms with E-state index in [0.717, 1.165) is 0 Å². The van der Waals surface area contributed by atoms with Gasteiger partial charge >= 0.3 is 0 Å². The quantitative estimate of drug-likeness (QED) is 0.544. The second-order valence-electron chi connectivity index (χ2n) is 4.10. The third kappa shape index (κ3) is 1.85. The Morgan fingerprint density at radius 3 is 2.89 bits per heavy atom. The van der Waals surface area contributed by atoms with Crippen LogP contribution in [-0.4, -0.2) is 17.2 Å². The van der Waals surface area contributed by atoms with E-state index in [0.29, 0.717) is 28.3 Å². The van der Waals surface area contributed by atoms with E-state index >= 15 is 0 Å². The fourth-order valence-corrected chi connectivity index (χ4v) is 1.88. The molecule has 5 heteroatoms. The van der Waals surface area contributed by atoms with Gasteiger partial charge in [-0.05, 0) is 24.3 Å². The van der Waals surface area contributed by atoms with Crippen molar-refractivity contribution in [3.8, 4) is 23.0 Å². The van der Waals surface area contributed by atoms with Gasteiger partial charge in [-0.25, -0.2) is 4.98 Å². The van der Waals surface area contributed by atoms with Crippen molar-refractivity contribution in [2.75, 3.05) is 12.8 Å². The van der Waals surface area contributed by atoms with Crippen molar-refractivity contribution in [2.45, 2.75) is 0 Å². The smallest absolute Gasteiger partial charge is 0.231 e. The van der Waals surface area contributed by atoms with Gasteiger partial charge in [0.05, 0.1) is 18.4 Å². The molecule has 0 aliphatic heterocycles. The molecule has 0 bridgehead atoms. The second-order valence-corrected chi connectivity index (χ2v) is 4.10. The normalized spacial score (nSPS) is 10.8. The maximum Gasteiger partial charge on any atom is 0.231 e. The number of benzene rings is 2. The number of methoxy groups -OCH3 is 1. The van der Waals surface area contributed by atoms with E-state index in [2.05, 4.69) is 4.98 Å². The molecule has 0 amide bonds. The summed E-state index contributed by atoms with van der Waals surface area (Å²) in [6.45, 7) is 0. The van der Waals surface area contributed by atoms with Crippen LogP contribution in [0.5, 0.6) is 11.5 Å². The molecule has 0 saturated carbocycles. The maximum absolute atomic E-state index is 9.93. The van der Waals surface area contributed by atoms with Crippen molar-refractivity contribution in [1.82, 2.24) is 4.98 Å². The monoisotopic (exact) mass is 256 g/mol. The van der Waals surface area contributed by atoms with Crippen molar-refractivity contribution in [3.63, 3.8) is 0 Å². The van der Waals surface area contributed by atoms with E-state index in [1.165, 1.54) is 0 Å². The minimum Gasteiger partial charge on any atom is -0.505 e. The van der Waals surface area contributed by atoms with Gasteiger partial charge in [0.2, 0.25) is 5.89 Å². The number of nitrogens with zero attached hydrogens (tertiary/aromatic N) is 1. The highest BCUT2D eigenvalue weighted by Crippen LogP contribution is 2.35. The van der Waals surface area contributed by atoms with Crippen LogP contribution in [0.1, 0.15) is 0 Å². The topological polar surface area (TPSA) is 81.5 Å². The van der Waals surface area contributed by atoms with Crippen LogP contribution in [0.2, 0.25) is 0 Å². The van der Waals surface area contributed by atoms with Gasteiger partial charge in [0.25, 0.3) is 0 Å². The molecular formula is C14H12N2O3. The maximum atomic E-state index is 9.93. The Bertz CT molecular complexity index is 750. The van der Waals surface area contributed by atoms with E-state index in [-0.39, 0.29) is 11.4 Å². The lowest BCUT2D eigenvalue weighted by atomic mass is 10.2. The first-order valence-corrected chi connectivity index (χ1v) is 5.71. The zero-order valence-electron chi connectivity index (χ0n) is 10.3. The van der Waals surface area contributed by atoms with Gasteiger partial charge in [-0.2, -0.15) is 0 Å². The molecule has 1 aromatic heterocycles. The van der Waals surface area contributed by atoms with E-state index < -0.39 is 0 Å². The zero-order chi connectivity index (χ0) is 13.4. The second kappa shape index (κ2) is 4.20. The lowest BCUT2D eigenvalue weighted by molar-refractivity contribution is 0.414. The number of aromatic hydroxyl groups is 1. The molecule has 2 aromatic carbocycles. The first-order valence-electron chi connectivity index (χ1n) is 5.71. The van der Waals surface area contributed by atoms with Crippen LogP contribution in [-0.2, 0) is 0 Å². The van der Waals surface area contributed by atoms with Crippen molar-refractivity contribution in [1.29, 1.82) is 0 Å². The Morgan fingerprint density at radius 1 is 1.26 bits per heavy atom. The highest BCUT2D eigenvalue weighted by atomic mass is 16.5. The summed E-state index contributed by atoms with van der Waals surface area (Å²) in [7, 11) is 1.59. The van der Waals surface area contributed by atoms with Gasteiger partial charge in [-0.3, -0.25) is 0 Å². The number of para-hydroxylation sites is 1. The molecule has 0 atom stereocenters. The largest absolute Gasteiger partial charge is 0.505 e. The Hall–Kier alpha value is -2.69. The molecular weight excluding hydrogens is 244 g/mol. The van der Waals surface area contributed by atoms with Crippen LogP contribution >= 0.6 is 0 Å². The fraction of sp³-hybridized carbons (Fsp3) is 0.0714. The summed E-state index contributed by atoms with van der Waals surface area (Å²) in [6, 6.07) is 10.4. The predicted octanol–water partition coefficient (Wildman–Crippen LogP) is 2.79.